The van der Waals surface area contributed by atoms with Crippen molar-refractivity contribution < 1.29 is 36.6 Å². The van der Waals surface area contributed by atoms with Gasteiger partial charge in [-0.25, -0.2) is 16.8 Å². The van der Waals surface area contributed by atoms with Crippen molar-refractivity contribution in [2.45, 2.75) is 55.7 Å². The smallest absolute Gasteiger partial charge is 0.324 e. The first-order valence-electron chi connectivity index (χ1n) is 13.6. The molecule has 0 saturated carbocycles. The molecule has 0 amide bonds. The summed E-state index contributed by atoms with van der Waals surface area (Å²) < 4.78 is 58.1. The number of anilines is 2. The molecule has 2 heterocycles. The van der Waals surface area contributed by atoms with Gasteiger partial charge in [0.05, 0.1) is 29.5 Å². The highest BCUT2D eigenvalue weighted by molar-refractivity contribution is 7.92. The molecular formula is C27H38N4O8S2. The number of phenols is 1. The maximum atomic E-state index is 13.2. The molecule has 4 N–H and O–H groups in total. The summed E-state index contributed by atoms with van der Waals surface area (Å²) in [5, 5.41) is 23.9. The van der Waals surface area contributed by atoms with Gasteiger partial charge in [0.2, 0.25) is 20.0 Å². The van der Waals surface area contributed by atoms with Crippen molar-refractivity contribution in [2.75, 3.05) is 48.7 Å². The average molecular weight is 611 g/mol. The summed E-state index contributed by atoms with van der Waals surface area (Å²) in [5.41, 5.74) is 1.38. The third kappa shape index (κ3) is 7.68. The Morgan fingerprint density at radius 2 is 1.73 bits per heavy atom. The number of nitrogens with one attached hydrogen (secondary N) is 2. The van der Waals surface area contributed by atoms with Crippen LogP contribution in [0.2, 0.25) is 0 Å². The number of esters is 1. The minimum Gasteiger partial charge on any atom is -0.506 e. The Bertz CT molecular complexity index is 1430. The van der Waals surface area contributed by atoms with E-state index in [4.69, 9.17) is 4.74 Å². The second-order valence-electron chi connectivity index (χ2n) is 10.4. The molecule has 12 nitrogen and oxygen atoms in total. The van der Waals surface area contributed by atoms with Crippen LogP contribution in [0.5, 0.6) is 5.75 Å². The number of sulfonamides is 2. The van der Waals surface area contributed by atoms with Gasteiger partial charge in [0.1, 0.15) is 11.8 Å². The lowest BCUT2D eigenvalue weighted by molar-refractivity contribution is -0.146. The SMILES string of the molecule is CCOC(=O)C1CCCN1S(=O)(=O)c1ccc(N2CCC(NCC(O)c3ccc(O)c(NS(C)(=O)=O)c3)CC2)cc1. The fourth-order valence-corrected chi connectivity index (χ4v) is 7.46. The number of hydrogen-bond donors (Lipinski definition) is 4. The number of carbonyl (C=O) groups excluding carboxylic acids is 1. The van der Waals surface area contributed by atoms with Gasteiger partial charge in [-0.15, -0.1) is 0 Å². The van der Waals surface area contributed by atoms with Crippen molar-refractivity contribution in [3.05, 3.63) is 48.0 Å². The van der Waals surface area contributed by atoms with E-state index < -0.39 is 38.2 Å². The second-order valence-corrected chi connectivity index (χ2v) is 14.0. The summed E-state index contributed by atoms with van der Waals surface area (Å²) in [6, 6.07) is 10.4. The van der Waals surface area contributed by atoms with E-state index in [1.54, 1.807) is 37.3 Å². The molecule has 41 heavy (non-hydrogen) atoms. The molecule has 2 saturated heterocycles. The molecule has 0 bridgehead atoms. The molecule has 0 aliphatic carbocycles. The molecule has 2 aliphatic heterocycles. The highest BCUT2D eigenvalue weighted by Crippen LogP contribution is 2.30. The zero-order valence-electron chi connectivity index (χ0n) is 23.2. The molecule has 2 aromatic carbocycles. The van der Waals surface area contributed by atoms with E-state index in [1.165, 1.54) is 16.4 Å². The molecule has 2 atom stereocenters. The van der Waals surface area contributed by atoms with Gasteiger partial charge in [-0.05, 0) is 74.6 Å². The zero-order valence-corrected chi connectivity index (χ0v) is 24.8. The van der Waals surface area contributed by atoms with Crippen LogP contribution in [0.3, 0.4) is 0 Å². The van der Waals surface area contributed by atoms with Crippen molar-refractivity contribution in [1.82, 2.24) is 9.62 Å². The lowest BCUT2D eigenvalue weighted by Gasteiger charge is -2.34. The van der Waals surface area contributed by atoms with E-state index in [1.807, 2.05) is 0 Å². The van der Waals surface area contributed by atoms with Crippen LogP contribution >= 0.6 is 0 Å². The number of rotatable bonds is 11. The van der Waals surface area contributed by atoms with Gasteiger partial charge in [-0.1, -0.05) is 6.07 Å². The maximum Gasteiger partial charge on any atom is 0.324 e. The summed E-state index contributed by atoms with van der Waals surface area (Å²) in [6.45, 7) is 3.91. The minimum atomic E-state index is -3.83. The highest BCUT2D eigenvalue weighted by Gasteiger charge is 2.40. The number of phenolic OH excluding ortho intramolecular Hbond substituents is 1. The molecule has 0 spiro atoms. The highest BCUT2D eigenvalue weighted by atomic mass is 32.2. The van der Waals surface area contributed by atoms with Gasteiger partial charge >= 0.3 is 5.97 Å². The van der Waals surface area contributed by atoms with Crippen LogP contribution in [0.15, 0.2) is 47.4 Å². The normalized spacial score (nSPS) is 19.7. The molecule has 0 radical (unpaired) electrons. The third-order valence-electron chi connectivity index (χ3n) is 7.37. The van der Waals surface area contributed by atoms with Crippen LogP contribution in [0.1, 0.15) is 44.3 Å². The Morgan fingerprint density at radius 3 is 2.37 bits per heavy atom. The Kier molecular flexibility index (Phi) is 9.80. The predicted molar refractivity (Wildman–Crippen MR) is 155 cm³/mol. The van der Waals surface area contributed by atoms with Gasteiger partial charge in [0, 0.05) is 37.9 Å². The first-order chi connectivity index (χ1) is 19.4. The van der Waals surface area contributed by atoms with Crippen molar-refractivity contribution >= 4 is 37.4 Å². The molecule has 0 aromatic heterocycles. The Morgan fingerprint density at radius 1 is 1.05 bits per heavy atom. The number of piperidine rings is 1. The van der Waals surface area contributed by atoms with Crippen LogP contribution in [0, 0.1) is 0 Å². The van der Waals surface area contributed by atoms with E-state index in [0.717, 1.165) is 37.9 Å². The molecular weight excluding hydrogens is 572 g/mol. The van der Waals surface area contributed by atoms with E-state index in [2.05, 4.69) is 14.9 Å². The lowest BCUT2D eigenvalue weighted by Crippen LogP contribution is -2.43. The van der Waals surface area contributed by atoms with Crippen molar-refractivity contribution in [1.29, 1.82) is 0 Å². The standard InChI is InChI=1S/C27H38N4O8S2/c1-3-39-27(34)24-5-4-14-31(24)41(37,38)22-9-7-21(8-10-22)30-15-12-20(13-16-30)28-18-26(33)19-6-11-25(32)23(17-19)29-40(2,35)36/h6-11,17,20,24,26,28-29,32-33H,3-5,12-16,18H2,1-2H3. The van der Waals surface area contributed by atoms with E-state index >= 15 is 0 Å². The zero-order chi connectivity index (χ0) is 29.8. The number of benzene rings is 2. The van der Waals surface area contributed by atoms with Crippen molar-refractivity contribution in [2.24, 2.45) is 0 Å². The van der Waals surface area contributed by atoms with Gasteiger partial charge in [0.15, 0.2) is 0 Å². The summed E-state index contributed by atoms with van der Waals surface area (Å²) in [5.74, 6) is -0.736. The summed E-state index contributed by atoms with van der Waals surface area (Å²) in [4.78, 5) is 14.6. The number of nitrogens with zero attached hydrogens (tertiary/aromatic N) is 2. The number of aromatic hydroxyl groups is 1. The molecule has 4 rings (SSSR count). The molecule has 2 aromatic rings. The van der Waals surface area contributed by atoms with Gasteiger partial charge in [0.25, 0.3) is 0 Å². The maximum absolute atomic E-state index is 13.2. The van der Waals surface area contributed by atoms with Crippen molar-refractivity contribution in [3.8, 4) is 5.75 Å². The first kappa shape index (κ1) is 31.0. The Labute approximate surface area is 241 Å². The molecule has 226 valence electrons. The topological polar surface area (TPSA) is 166 Å². The summed E-state index contributed by atoms with van der Waals surface area (Å²) in [7, 11) is -7.41. The largest absolute Gasteiger partial charge is 0.506 e. The average Bonchev–Trinajstić information content (AvgIpc) is 3.44. The van der Waals surface area contributed by atoms with E-state index in [-0.39, 0.29) is 42.1 Å². The lowest BCUT2D eigenvalue weighted by atomic mass is 10.0. The Balaban J connectivity index is 1.30. The van der Waals surface area contributed by atoms with Crippen LogP contribution in [0.4, 0.5) is 11.4 Å². The second kappa shape index (κ2) is 12.9. The number of aliphatic hydroxyl groups excluding tert-OH is 1. The van der Waals surface area contributed by atoms with Gasteiger partial charge in [-0.3, -0.25) is 9.52 Å². The number of carbonyl (C=O) groups is 1. The molecule has 14 heteroatoms. The number of ether oxygens (including phenoxy) is 1. The van der Waals surface area contributed by atoms with Gasteiger partial charge < -0.3 is 25.2 Å². The summed E-state index contributed by atoms with van der Waals surface area (Å²) in [6.07, 6.45) is 2.75. The Hall–Kier alpha value is -2.91. The number of aliphatic hydroxyl groups is 1. The molecule has 2 aliphatic rings. The number of hydrogen-bond acceptors (Lipinski definition) is 10. The van der Waals surface area contributed by atoms with Crippen LogP contribution in [-0.4, -0.2) is 88.4 Å². The van der Waals surface area contributed by atoms with Crippen LogP contribution < -0.4 is 14.9 Å². The minimum absolute atomic E-state index is 0.00965. The predicted octanol–water partition coefficient (Wildman–Crippen LogP) is 1.77. The van der Waals surface area contributed by atoms with E-state index in [9.17, 15) is 31.8 Å². The van der Waals surface area contributed by atoms with Gasteiger partial charge in [-0.2, -0.15) is 4.31 Å². The fourth-order valence-electron chi connectivity index (χ4n) is 5.25. The third-order valence-corrected chi connectivity index (χ3v) is 9.88. The molecule has 2 fully saturated rings. The molecule has 2 unspecified atom stereocenters. The summed E-state index contributed by atoms with van der Waals surface area (Å²) >= 11 is 0. The quantitative estimate of drug-likeness (QED) is 0.218. The van der Waals surface area contributed by atoms with Crippen molar-refractivity contribution in [3.63, 3.8) is 0 Å². The monoisotopic (exact) mass is 610 g/mol. The van der Waals surface area contributed by atoms with E-state index in [0.29, 0.717) is 18.4 Å². The first-order valence-corrected chi connectivity index (χ1v) is 17.0. The fraction of sp³-hybridized carbons (Fsp3) is 0.519. The van der Waals surface area contributed by atoms with Crippen LogP contribution in [0.25, 0.3) is 0 Å². The van der Waals surface area contributed by atoms with Crippen LogP contribution in [-0.2, 0) is 29.6 Å².